The fourth-order valence-corrected chi connectivity index (χ4v) is 2.93. The zero-order valence-corrected chi connectivity index (χ0v) is 16.6. The van der Waals surface area contributed by atoms with Gasteiger partial charge in [-0.25, -0.2) is 4.98 Å². The number of nitrogens with one attached hydrogen (secondary N) is 4. The van der Waals surface area contributed by atoms with Crippen LogP contribution in [0.2, 0.25) is 0 Å². The minimum absolute atomic E-state index is 0.0235. The lowest BCUT2D eigenvalue weighted by Crippen LogP contribution is -2.29. The second-order valence-electron chi connectivity index (χ2n) is 7.62. The van der Waals surface area contributed by atoms with Gasteiger partial charge < -0.3 is 21.4 Å². The van der Waals surface area contributed by atoms with Crippen molar-refractivity contribution in [3.63, 3.8) is 0 Å². The maximum absolute atomic E-state index is 13.3. The minimum atomic E-state index is -4.57. The summed E-state index contributed by atoms with van der Waals surface area (Å²) in [5.74, 6) is -0.286. The molecule has 0 radical (unpaired) electrons. The van der Waals surface area contributed by atoms with Crippen LogP contribution < -0.4 is 16.0 Å². The van der Waals surface area contributed by atoms with Crippen LogP contribution in [-0.2, 0) is 6.18 Å². The minimum Gasteiger partial charge on any atom is -0.367 e. The molecule has 1 fully saturated rings. The summed E-state index contributed by atoms with van der Waals surface area (Å²) in [7, 11) is 0. The Labute approximate surface area is 172 Å². The van der Waals surface area contributed by atoms with E-state index in [4.69, 9.17) is 5.41 Å². The van der Waals surface area contributed by atoms with Crippen LogP contribution in [0.1, 0.15) is 44.2 Å². The van der Waals surface area contributed by atoms with Gasteiger partial charge in [-0.2, -0.15) is 23.4 Å². The van der Waals surface area contributed by atoms with Crippen LogP contribution in [0.25, 0.3) is 0 Å². The molecule has 4 N–H and O–H groups in total. The third-order valence-corrected chi connectivity index (χ3v) is 4.76. The molecule has 0 unspecified atom stereocenters. The zero-order valence-electron chi connectivity index (χ0n) is 16.6. The first-order chi connectivity index (χ1) is 14.1. The van der Waals surface area contributed by atoms with E-state index in [1.165, 1.54) is 0 Å². The largest absolute Gasteiger partial charge is 0.421 e. The van der Waals surface area contributed by atoms with Crippen LogP contribution in [0.15, 0.2) is 24.4 Å². The number of hydrogen-bond donors (Lipinski definition) is 4. The topological polar surface area (TPSA) is 110 Å². The molecule has 1 aliphatic rings. The van der Waals surface area contributed by atoms with E-state index >= 15 is 0 Å². The Morgan fingerprint density at radius 2 is 1.93 bits per heavy atom. The number of alkyl halides is 3. The highest BCUT2D eigenvalue weighted by molar-refractivity contribution is 5.94. The molecular weight excluding hydrogens is 395 g/mol. The van der Waals surface area contributed by atoms with Crippen molar-refractivity contribution >= 4 is 29.4 Å². The first-order valence-corrected chi connectivity index (χ1v) is 9.43. The van der Waals surface area contributed by atoms with Crippen molar-refractivity contribution in [1.82, 2.24) is 9.97 Å². The highest BCUT2D eigenvalue weighted by Gasteiger charge is 2.36. The van der Waals surface area contributed by atoms with Gasteiger partial charge in [0.05, 0.1) is 11.8 Å². The van der Waals surface area contributed by atoms with Gasteiger partial charge in [0.15, 0.2) is 0 Å². The number of aromatic nitrogens is 2. The standard InChI is InChI=1S/C20H22F3N7/c1-19(2,11-25)30-16-8-4-7-15(13(16)9-24)28-18-26-10-14(20(21,22)23)17(29-18)27-12-5-3-6-12/h4,7-10,12,24,30H,3,5-6H2,1-2H3,(H2,26,27,28,29). The van der Waals surface area contributed by atoms with Crippen LogP contribution in [0, 0.1) is 16.7 Å². The van der Waals surface area contributed by atoms with Crippen LogP contribution in [0.3, 0.4) is 0 Å². The summed E-state index contributed by atoms with van der Waals surface area (Å²) in [5, 5.41) is 25.8. The number of hydrogen-bond acceptors (Lipinski definition) is 7. The van der Waals surface area contributed by atoms with Crippen LogP contribution in [-0.4, -0.2) is 27.8 Å². The summed E-state index contributed by atoms with van der Waals surface area (Å²) in [6.07, 6.45) is -0.167. The molecule has 10 heteroatoms. The van der Waals surface area contributed by atoms with Gasteiger partial charge >= 0.3 is 6.18 Å². The zero-order chi connectivity index (χ0) is 21.9. The molecule has 0 amide bonds. The second-order valence-corrected chi connectivity index (χ2v) is 7.62. The van der Waals surface area contributed by atoms with E-state index in [0.717, 1.165) is 31.7 Å². The lowest BCUT2D eigenvalue weighted by Gasteiger charge is -2.28. The molecule has 1 aromatic heterocycles. The fourth-order valence-electron chi connectivity index (χ4n) is 2.93. The van der Waals surface area contributed by atoms with Crippen molar-refractivity contribution in [2.45, 2.75) is 50.9 Å². The van der Waals surface area contributed by atoms with Gasteiger partial charge in [-0.3, -0.25) is 0 Å². The Morgan fingerprint density at radius 1 is 1.23 bits per heavy atom. The molecular formula is C20H22F3N7. The molecule has 1 aromatic carbocycles. The quantitative estimate of drug-likeness (QED) is 0.476. The smallest absolute Gasteiger partial charge is 0.367 e. The molecule has 0 spiro atoms. The van der Waals surface area contributed by atoms with E-state index < -0.39 is 17.3 Å². The molecule has 158 valence electrons. The lowest BCUT2D eigenvalue weighted by atomic mass is 9.93. The van der Waals surface area contributed by atoms with E-state index in [9.17, 15) is 18.4 Å². The normalized spacial score (nSPS) is 14.4. The first-order valence-electron chi connectivity index (χ1n) is 9.43. The summed E-state index contributed by atoms with van der Waals surface area (Å²) in [6, 6.07) is 7.15. The predicted molar refractivity (Wildman–Crippen MR) is 109 cm³/mol. The number of rotatable bonds is 7. The number of nitriles is 1. The highest BCUT2D eigenvalue weighted by Crippen LogP contribution is 2.36. The fraction of sp³-hybridized carbons (Fsp3) is 0.400. The average molecular weight is 417 g/mol. The van der Waals surface area contributed by atoms with E-state index in [2.05, 4.69) is 32.0 Å². The Kier molecular flexibility index (Phi) is 5.82. The molecule has 0 atom stereocenters. The van der Waals surface area contributed by atoms with Gasteiger partial charge in [0.1, 0.15) is 16.9 Å². The van der Waals surface area contributed by atoms with E-state index in [0.29, 0.717) is 16.9 Å². The van der Waals surface area contributed by atoms with Crippen molar-refractivity contribution < 1.29 is 13.2 Å². The Hall–Kier alpha value is -3.35. The molecule has 1 heterocycles. The predicted octanol–water partition coefficient (Wildman–Crippen LogP) is 4.92. The monoisotopic (exact) mass is 417 g/mol. The second kappa shape index (κ2) is 8.18. The maximum Gasteiger partial charge on any atom is 0.421 e. The SMILES string of the molecule is CC(C)(C#N)Nc1cccc(Nc2ncc(C(F)(F)F)c(NC3CCC3)n2)c1C=N. The molecule has 0 aliphatic heterocycles. The van der Waals surface area contributed by atoms with Gasteiger partial charge in [0.2, 0.25) is 5.95 Å². The van der Waals surface area contributed by atoms with Gasteiger partial charge in [-0.1, -0.05) is 6.07 Å². The Morgan fingerprint density at radius 3 is 2.50 bits per heavy atom. The van der Waals surface area contributed by atoms with Gasteiger partial charge in [-0.05, 0) is 45.2 Å². The summed E-state index contributed by atoms with van der Waals surface area (Å²) in [6.45, 7) is 3.39. The van der Waals surface area contributed by atoms with E-state index in [-0.39, 0.29) is 17.8 Å². The molecule has 2 aromatic rings. The summed E-state index contributed by atoms with van der Waals surface area (Å²) in [4.78, 5) is 7.87. The van der Waals surface area contributed by atoms with Gasteiger partial charge in [-0.15, -0.1) is 0 Å². The molecule has 3 rings (SSSR count). The summed E-state index contributed by atoms with van der Waals surface area (Å²) in [5.41, 5.74) is -0.406. The molecule has 1 aliphatic carbocycles. The van der Waals surface area contributed by atoms with Crippen molar-refractivity contribution in [2.24, 2.45) is 0 Å². The van der Waals surface area contributed by atoms with Gasteiger partial charge in [0.25, 0.3) is 0 Å². The van der Waals surface area contributed by atoms with Crippen molar-refractivity contribution in [3.05, 3.63) is 35.5 Å². The maximum atomic E-state index is 13.3. The van der Waals surface area contributed by atoms with Crippen molar-refractivity contribution in [3.8, 4) is 6.07 Å². The Balaban J connectivity index is 1.93. The van der Waals surface area contributed by atoms with Crippen LogP contribution >= 0.6 is 0 Å². The van der Waals surface area contributed by atoms with E-state index in [1.807, 2.05) is 0 Å². The highest BCUT2D eigenvalue weighted by atomic mass is 19.4. The first kappa shape index (κ1) is 21.4. The molecule has 0 bridgehead atoms. The van der Waals surface area contributed by atoms with Crippen molar-refractivity contribution in [2.75, 3.05) is 16.0 Å². The molecule has 30 heavy (non-hydrogen) atoms. The molecule has 7 nitrogen and oxygen atoms in total. The van der Waals surface area contributed by atoms with Crippen LogP contribution in [0.5, 0.6) is 0 Å². The third kappa shape index (κ3) is 4.79. The number of halogens is 3. The number of anilines is 4. The van der Waals surface area contributed by atoms with E-state index in [1.54, 1.807) is 32.0 Å². The number of nitrogens with zero attached hydrogens (tertiary/aromatic N) is 3. The molecule has 0 saturated heterocycles. The average Bonchev–Trinajstić information content (AvgIpc) is 2.64. The van der Waals surface area contributed by atoms with Crippen molar-refractivity contribution in [1.29, 1.82) is 10.7 Å². The Bertz CT molecular complexity index is 975. The summed E-state index contributed by atoms with van der Waals surface area (Å²) >= 11 is 0. The number of benzene rings is 1. The third-order valence-electron chi connectivity index (χ3n) is 4.76. The van der Waals surface area contributed by atoms with Crippen LogP contribution in [0.4, 0.5) is 36.3 Å². The molecule has 1 saturated carbocycles. The lowest BCUT2D eigenvalue weighted by molar-refractivity contribution is -0.137. The summed E-state index contributed by atoms with van der Waals surface area (Å²) < 4.78 is 40.0. The van der Waals surface area contributed by atoms with Gasteiger partial charge in [0, 0.05) is 29.7 Å².